The molecule has 1 fully saturated rings. The van der Waals surface area contributed by atoms with Gasteiger partial charge in [0.05, 0.1) is 22.0 Å². The highest BCUT2D eigenvalue weighted by Gasteiger charge is 2.62. The molecule has 46 heavy (non-hydrogen) atoms. The Labute approximate surface area is 265 Å². The third-order valence-corrected chi connectivity index (χ3v) is 10.1. The Morgan fingerprint density at radius 1 is 0.957 bits per heavy atom. The first kappa shape index (κ1) is 31.5. The van der Waals surface area contributed by atoms with Crippen molar-refractivity contribution in [3.05, 3.63) is 101 Å². The number of fused-ring (bicyclic) bond motifs is 4. The number of aromatic nitrogens is 2. The van der Waals surface area contributed by atoms with Gasteiger partial charge in [-0.2, -0.15) is 18.2 Å². The van der Waals surface area contributed by atoms with Gasteiger partial charge in [-0.15, -0.1) is 0 Å². The molecule has 240 valence electrons. The monoisotopic (exact) mass is 650 g/mol. The smallest absolute Gasteiger partial charge is 0.394 e. The van der Waals surface area contributed by atoms with Crippen LogP contribution >= 0.6 is 0 Å². The maximum atomic E-state index is 14.2. The lowest BCUT2D eigenvalue weighted by atomic mass is 9.95. The van der Waals surface area contributed by atoms with Gasteiger partial charge in [-0.3, -0.25) is 4.79 Å². The van der Waals surface area contributed by atoms with E-state index in [9.17, 15) is 26.4 Å². The number of rotatable bonds is 6. The number of hydrogen-bond donors (Lipinski definition) is 1. The van der Waals surface area contributed by atoms with Gasteiger partial charge < -0.3 is 9.64 Å². The summed E-state index contributed by atoms with van der Waals surface area (Å²) >= 11 is 0. The number of halogens is 3. The Morgan fingerprint density at radius 2 is 1.65 bits per heavy atom. The SMILES string of the molecule is Cc1cccc(C)c1-c1cc2nc(n1)NS(=O)(=O)c1cccc(c1)C(=O)N(Cc1ccccc1)[C@@H](CCC1(C(F)(F)F)CC1)CO2. The zero-order valence-corrected chi connectivity index (χ0v) is 26.2. The van der Waals surface area contributed by atoms with E-state index in [4.69, 9.17) is 4.74 Å². The minimum Gasteiger partial charge on any atom is -0.475 e. The van der Waals surface area contributed by atoms with E-state index < -0.39 is 33.6 Å². The molecular weight excluding hydrogens is 617 g/mol. The standard InChI is InChI=1S/C34H33F3N4O4S/c1-22-8-6-9-23(2)30(22)28-19-29-39-32(38-28)40-46(43,44)27-13-7-12-25(18-27)31(42)41(20-24-10-4-3-5-11-24)26(21-45-29)14-15-33(16-17-33)34(35,36)37/h3-13,18-19,26H,14-17,20-21H2,1-2H3,(H,38,39,40)/t26-/m0/s1. The fraction of sp³-hybridized carbons (Fsp3) is 0.324. The molecule has 4 bridgehead atoms. The maximum absolute atomic E-state index is 14.2. The van der Waals surface area contributed by atoms with E-state index >= 15 is 0 Å². The van der Waals surface area contributed by atoms with E-state index in [1.165, 1.54) is 29.2 Å². The summed E-state index contributed by atoms with van der Waals surface area (Å²) in [4.78, 5) is 24.3. The fourth-order valence-electron chi connectivity index (χ4n) is 5.96. The number of alkyl halides is 3. The highest BCUT2D eigenvalue weighted by molar-refractivity contribution is 7.92. The number of anilines is 1. The summed E-state index contributed by atoms with van der Waals surface area (Å²) in [6, 6.07) is 21.1. The third-order valence-electron chi connectivity index (χ3n) is 8.79. The Morgan fingerprint density at radius 3 is 2.33 bits per heavy atom. The zero-order chi connectivity index (χ0) is 32.7. The van der Waals surface area contributed by atoms with Crippen LogP contribution in [0.25, 0.3) is 11.3 Å². The van der Waals surface area contributed by atoms with Gasteiger partial charge in [-0.25, -0.2) is 18.1 Å². The van der Waals surface area contributed by atoms with Crippen LogP contribution in [0.4, 0.5) is 19.1 Å². The molecule has 1 amide bonds. The van der Waals surface area contributed by atoms with Gasteiger partial charge in [0.15, 0.2) is 0 Å². The lowest BCUT2D eigenvalue weighted by Gasteiger charge is -2.33. The van der Waals surface area contributed by atoms with Crippen LogP contribution in [0.5, 0.6) is 5.88 Å². The van der Waals surface area contributed by atoms with E-state index in [1.54, 1.807) is 6.07 Å². The molecule has 6 rings (SSSR count). The van der Waals surface area contributed by atoms with E-state index in [0.29, 0.717) is 5.69 Å². The van der Waals surface area contributed by atoms with Gasteiger partial charge in [-0.05, 0) is 74.4 Å². The van der Waals surface area contributed by atoms with E-state index in [-0.39, 0.29) is 61.1 Å². The molecular formula is C34H33F3N4O4S. The first-order valence-electron chi connectivity index (χ1n) is 15.0. The normalized spacial score (nSPS) is 18.8. The summed E-state index contributed by atoms with van der Waals surface area (Å²) in [6.45, 7) is 3.70. The van der Waals surface area contributed by atoms with E-state index in [1.807, 2.05) is 62.4 Å². The molecule has 0 spiro atoms. The van der Waals surface area contributed by atoms with Crippen molar-refractivity contribution in [2.24, 2.45) is 5.41 Å². The highest BCUT2D eigenvalue weighted by atomic mass is 32.2. The molecule has 2 aliphatic rings. The van der Waals surface area contributed by atoms with Gasteiger partial charge >= 0.3 is 6.18 Å². The Kier molecular flexibility index (Phi) is 8.26. The Hall–Kier alpha value is -4.45. The molecule has 1 aromatic heterocycles. The van der Waals surface area contributed by atoms with E-state index in [0.717, 1.165) is 22.3 Å². The molecule has 1 N–H and O–H groups in total. The minimum absolute atomic E-state index is 0.00994. The van der Waals surface area contributed by atoms with Crippen LogP contribution in [0.2, 0.25) is 0 Å². The second-order valence-electron chi connectivity index (χ2n) is 12.0. The van der Waals surface area contributed by atoms with Crippen molar-refractivity contribution in [2.75, 3.05) is 11.3 Å². The molecule has 0 radical (unpaired) electrons. The number of hydrogen-bond acceptors (Lipinski definition) is 6. The molecule has 1 atom stereocenters. The van der Waals surface area contributed by atoms with Gasteiger partial charge in [0, 0.05) is 23.7 Å². The van der Waals surface area contributed by atoms with Crippen LogP contribution in [0, 0.1) is 19.3 Å². The quantitative estimate of drug-likeness (QED) is 0.239. The van der Waals surface area contributed by atoms with Crippen molar-refractivity contribution in [3.8, 4) is 17.1 Å². The number of carbonyl (C=O) groups excluding carboxylic acids is 1. The molecule has 1 aliphatic heterocycles. The predicted octanol–water partition coefficient (Wildman–Crippen LogP) is 7.09. The minimum atomic E-state index is -4.36. The number of nitrogens with zero attached hydrogens (tertiary/aromatic N) is 3. The van der Waals surface area contributed by atoms with Crippen LogP contribution in [0.1, 0.15) is 52.7 Å². The maximum Gasteiger partial charge on any atom is 0.394 e. The molecule has 0 unspecified atom stereocenters. The first-order chi connectivity index (χ1) is 21.8. The number of ether oxygens (including phenoxy) is 1. The highest BCUT2D eigenvalue weighted by Crippen LogP contribution is 2.60. The van der Waals surface area contributed by atoms with Crippen LogP contribution in [-0.2, 0) is 16.6 Å². The van der Waals surface area contributed by atoms with E-state index in [2.05, 4.69) is 14.7 Å². The molecule has 1 aliphatic carbocycles. The summed E-state index contributed by atoms with van der Waals surface area (Å²) in [5.41, 5.74) is 2.00. The lowest BCUT2D eigenvalue weighted by molar-refractivity contribution is -0.189. The Bertz CT molecular complexity index is 1860. The van der Waals surface area contributed by atoms with Crippen molar-refractivity contribution in [3.63, 3.8) is 0 Å². The molecule has 2 heterocycles. The number of amides is 1. The van der Waals surface area contributed by atoms with Crippen molar-refractivity contribution in [1.82, 2.24) is 14.9 Å². The van der Waals surface area contributed by atoms with Crippen molar-refractivity contribution in [2.45, 2.75) is 63.2 Å². The zero-order valence-electron chi connectivity index (χ0n) is 25.3. The second kappa shape index (κ2) is 12.1. The predicted molar refractivity (Wildman–Crippen MR) is 167 cm³/mol. The number of carbonyl (C=O) groups is 1. The second-order valence-corrected chi connectivity index (χ2v) is 13.7. The van der Waals surface area contributed by atoms with Gasteiger partial charge in [-0.1, -0.05) is 54.6 Å². The van der Waals surface area contributed by atoms with Crippen LogP contribution < -0.4 is 9.46 Å². The van der Waals surface area contributed by atoms with Crippen molar-refractivity contribution >= 4 is 21.9 Å². The number of nitrogens with one attached hydrogen (secondary N) is 1. The summed E-state index contributed by atoms with van der Waals surface area (Å²) < 4.78 is 77.7. The number of benzene rings is 3. The topological polar surface area (TPSA) is 101 Å². The summed E-state index contributed by atoms with van der Waals surface area (Å²) in [5, 5.41) is 0. The molecule has 0 saturated heterocycles. The Balaban J connectivity index is 1.48. The molecule has 4 aromatic rings. The largest absolute Gasteiger partial charge is 0.475 e. The van der Waals surface area contributed by atoms with Crippen LogP contribution in [0.3, 0.4) is 0 Å². The van der Waals surface area contributed by atoms with Crippen LogP contribution in [0.15, 0.2) is 83.8 Å². The van der Waals surface area contributed by atoms with Crippen molar-refractivity contribution in [1.29, 1.82) is 0 Å². The fourth-order valence-corrected chi connectivity index (χ4v) is 6.95. The average molecular weight is 651 g/mol. The molecule has 12 heteroatoms. The van der Waals surface area contributed by atoms with Gasteiger partial charge in [0.2, 0.25) is 11.8 Å². The lowest BCUT2D eigenvalue weighted by Crippen LogP contribution is -2.44. The van der Waals surface area contributed by atoms with Crippen LogP contribution in [-0.4, -0.2) is 48.0 Å². The average Bonchev–Trinajstić information content (AvgIpc) is 3.81. The molecule has 1 saturated carbocycles. The van der Waals surface area contributed by atoms with Gasteiger partial charge in [0.25, 0.3) is 15.9 Å². The number of sulfonamides is 1. The summed E-state index contributed by atoms with van der Waals surface area (Å²) in [6.07, 6.45) is -4.45. The third kappa shape index (κ3) is 6.44. The number of aryl methyl sites for hydroxylation is 2. The summed E-state index contributed by atoms with van der Waals surface area (Å²) in [7, 11) is -4.26. The molecule has 8 nitrogen and oxygen atoms in total. The summed E-state index contributed by atoms with van der Waals surface area (Å²) in [5.74, 6) is -0.747. The molecule has 3 aromatic carbocycles. The van der Waals surface area contributed by atoms with Gasteiger partial charge in [0.1, 0.15) is 6.61 Å². The van der Waals surface area contributed by atoms with Crippen molar-refractivity contribution < 1.29 is 31.1 Å². The first-order valence-corrected chi connectivity index (χ1v) is 16.5.